The van der Waals surface area contributed by atoms with E-state index in [4.69, 9.17) is 0 Å². The Hall–Kier alpha value is -3.90. The van der Waals surface area contributed by atoms with E-state index in [2.05, 4.69) is 71.5 Å². The van der Waals surface area contributed by atoms with Gasteiger partial charge >= 0.3 is 0 Å². The molecule has 8 nitrogen and oxygen atoms in total. The van der Waals surface area contributed by atoms with E-state index in [1.165, 1.54) is 17.3 Å². The molecule has 0 atom stereocenters. The number of hydrogen-bond acceptors (Lipinski definition) is 7. The molecule has 0 radical (unpaired) electrons. The molecule has 0 spiro atoms. The van der Waals surface area contributed by atoms with Crippen LogP contribution in [0.3, 0.4) is 0 Å². The number of para-hydroxylation sites is 1. The highest BCUT2D eigenvalue weighted by atomic mass is 32.2. The van der Waals surface area contributed by atoms with E-state index in [1.54, 1.807) is 0 Å². The van der Waals surface area contributed by atoms with Gasteiger partial charge in [-0.05, 0) is 36.0 Å². The molecule has 2 aromatic carbocycles. The summed E-state index contributed by atoms with van der Waals surface area (Å²) < 4.78 is 3.96. The monoisotopic (exact) mass is 525 g/mol. The molecule has 9 heteroatoms. The van der Waals surface area contributed by atoms with Crippen LogP contribution < -0.4 is 0 Å². The molecule has 0 fully saturated rings. The van der Waals surface area contributed by atoms with E-state index < -0.39 is 0 Å². The Kier molecular flexibility index (Phi) is 7.34. The summed E-state index contributed by atoms with van der Waals surface area (Å²) in [6.45, 7) is 7.32. The summed E-state index contributed by atoms with van der Waals surface area (Å²) in [5.41, 5.74) is 3.32. The molecule has 1 N–H and O–H groups in total. The Morgan fingerprint density at radius 1 is 0.974 bits per heavy atom. The maximum absolute atomic E-state index is 11.0. The van der Waals surface area contributed by atoms with E-state index in [0.29, 0.717) is 16.8 Å². The molecule has 1 aliphatic rings. The maximum atomic E-state index is 11.0. The molecule has 38 heavy (non-hydrogen) atoms. The Labute approximate surface area is 227 Å². The molecular formula is C29H31N7OS. The van der Waals surface area contributed by atoms with E-state index in [-0.39, 0.29) is 22.5 Å². The molecule has 3 heterocycles. The number of fused-ring (bicyclic) bond motifs is 1. The van der Waals surface area contributed by atoms with Crippen molar-refractivity contribution in [2.45, 2.75) is 63.6 Å². The van der Waals surface area contributed by atoms with Crippen LogP contribution in [-0.4, -0.2) is 40.4 Å². The minimum atomic E-state index is -0.0457. The van der Waals surface area contributed by atoms with Gasteiger partial charge in [-0.2, -0.15) is 5.26 Å². The predicted molar refractivity (Wildman–Crippen MR) is 149 cm³/mol. The van der Waals surface area contributed by atoms with Crippen molar-refractivity contribution in [2.24, 2.45) is 0 Å². The number of aryl methyl sites for hydroxylation is 1. The van der Waals surface area contributed by atoms with E-state index in [0.717, 1.165) is 49.3 Å². The van der Waals surface area contributed by atoms with Crippen molar-refractivity contribution in [2.75, 3.05) is 5.75 Å². The molecule has 1 aliphatic heterocycles. The van der Waals surface area contributed by atoms with Crippen LogP contribution in [0.2, 0.25) is 0 Å². The molecule has 0 unspecified atom stereocenters. The first-order valence-corrected chi connectivity index (χ1v) is 13.8. The average Bonchev–Trinajstić information content (AvgIpc) is 3.44. The van der Waals surface area contributed by atoms with Crippen LogP contribution in [0.25, 0.3) is 22.6 Å². The smallest absolute Gasteiger partial charge is 0.196 e. The van der Waals surface area contributed by atoms with E-state index in [1.807, 2.05) is 39.5 Å². The van der Waals surface area contributed by atoms with Crippen molar-refractivity contribution < 1.29 is 5.11 Å². The summed E-state index contributed by atoms with van der Waals surface area (Å²) in [7, 11) is 0. The van der Waals surface area contributed by atoms with E-state index >= 15 is 0 Å². The lowest BCUT2D eigenvalue weighted by Gasteiger charge is -2.19. The number of aliphatic hydroxyl groups excluding tert-OH is 1. The first-order valence-electron chi connectivity index (χ1n) is 12.9. The normalized spacial score (nSPS) is 14.4. The van der Waals surface area contributed by atoms with Gasteiger partial charge in [-0.25, -0.2) is 0 Å². The van der Waals surface area contributed by atoms with Gasteiger partial charge in [-0.15, -0.1) is 20.4 Å². The van der Waals surface area contributed by atoms with Crippen LogP contribution in [-0.2, 0) is 18.4 Å². The van der Waals surface area contributed by atoms with Gasteiger partial charge in [0.05, 0.1) is 5.75 Å². The number of aliphatic hydroxyl groups is 1. The number of nitriles is 1. The summed E-state index contributed by atoms with van der Waals surface area (Å²) in [6, 6.07) is 20.5. The van der Waals surface area contributed by atoms with Crippen molar-refractivity contribution in [3.8, 4) is 23.1 Å². The predicted octanol–water partition coefficient (Wildman–Crippen LogP) is 6.13. The summed E-state index contributed by atoms with van der Waals surface area (Å²) in [6.07, 6.45) is 4.02. The van der Waals surface area contributed by atoms with Gasteiger partial charge in [0.2, 0.25) is 0 Å². The van der Waals surface area contributed by atoms with Crippen molar-refractivity contribution >= 4 is 17.3 Å². The Bertz CT molecular complexity index is 1490. The Morgan fingerprint density at radius 2 is 1.74 bits per heavy atom. The molecule has 4 aromatic rings. The van der Waals surface area contributed by atoms with Crippen molar-refractivity contribution in [1.29, 1.82) is 5.26 Å². The van der Waals surface area contributed by atoms with Crippen LogP contribution in [0, 0.1) is 11.3 Å². The number of allylic oxidation sites excluding steroid dienone is 1. The lowest BCUT2D eigenvalue weighted by atomic mass is 9.87. The third-order valence-electron chi connectivity index (χ3n) is 6.73. The highest BCUT2D eigenvalue weighted by Crippen LogP contribution is 2.31. The minimum absolute atomic E-state index is 0.0457. The summed E-state index contributed by atoms with van der Waals surface area (Å²) >= 11 is 1.33. The van der Waals surface area contributed by atoms with Crippen molar-refractivity contribution in [3.63, 3.8) is 0 Å². The second-order valence-electron chi connectivity index (χ2n) is 10.4. The molecule has 5 rings (SSSR count). The zero-order valence-corrected chi connectivity index (χ0v) is 22.7. The highest BCUT2D eigenvalue weighted by molar-refractivity contribution is 7.99. The fourth-order valence-corrected chi connectivity index (χ4v) is 5.43. The first kappa shape index (κ1) is 25.7. The SMILES string of the molecule is CC(C)(C)c1ccc(-c2nnc(SCC(O)=C(C#N)c3nnc4n3CCCCC4)n2-c2ccccc2)cc1. The van der Waals surface area contributed by atoms with Gasteiger partial charge in [0.15, 0.2) is 16.8 Å². The summed E-state index contributed by atoms with van der Waals surface area (Å²) in [5, 5.41) is 39.1. The topological polar surface area (TPSA) is 105 Å². The molecule has 0 saturated carbocycles. The quantitative estimate of drug-likeness (QED) is 0.183. The second-order valence-corrected chi connectivity index (χ2v) is 11.4. The molecule has 194 valence electrons. The highest BCUT2D eigenvalue weighted by Gasteiger charge is 2.22. The van der Waals surface area contributed by atoms with Crippen LogP contribution in [0.4, 0.5) is 0 Å². The van der Waals surface area contributed by atoms with E-state index in [9.17, 15) is 10.4 Å². The van der Waals surface area contributed by atoms with Gasteiger partial charge in [-0.1, -0.05) is 81.4 Å². The minimum Gasteiger partial charge on any atom is -0.510 e. The molecular weight excluding hydrogens is 494 g/mol. The first-order chi connectivity index (χ1) is 18.4. The maximum Gasteiger partial charge on any atom is 0.196 e. The van der Waals surface area contributed by atoms with Gasteiger partial charge in [-0.3, -0.25) is 4.57 Å². The van der Waals surface area contributed by atoms with Crippen molar-refractivity contribution in [1.82, 2.24) is 29.5 Å². The summed E-state index contributed by atoms with van der Waals surface area (Å²) in [4.78, 5) is 0. The lowest BCUT2D eigenvalue weighted by molar-refractivity contribution is 0.419. The molecule has 2 aromatic heterocycles. The number of hydrogen-bond donors (Lipinski definition) is 1. The fourth-order valence-electron chi connectivity index (χ4n) is 4.60. The lowest BCUT2D eigenvalue weighted by Crippen LogP contribution is -2.10. The van der Waals surface area contributed by atoms with Gasteiger partial charge in [0.25, 0.3) is 0 Å². The van der Waals surface area contributed by atoms with Crippen LogP contribution in [0.15, 0.2) is 65.5 Å². The Balaban J connectivity index is 1.47. The standard InChI is InChI=1S/C29H31N7OS/c1-29(2,3)21-15-13-20(14-16-21)26-32-34-28(36(26)22-10-6-4-7-11-22)38-19-24(37)23(18-30)27-33-31-25-12-8-5-9-17-35(25)27/h4,6-7,10-11,13-16,37H,5,8-9,12,17,19H2,1-3H3. The molecule has 0 amide bonds. The largest absolute Gasteiger partial charge is 0.510 e. The average molecular weight is 526 g/mol. The van der Waals surface area contributed by atoms with Crippen LogP contribution in [0.1, 0.15) is 57.2 Å². The molecule has 0 saturated heterocycles. The zero-order valence-electron chi connectivity index (χ0n) is 21.9. The fraction of sp³-hybridized carbons (Fsp3) is 0.345. The number of nitrogens with zero attached hydrogens (tertiary/aromatic N) is 7. The van der Waals surface area contributed by atoms with Crippen LogP contribution >= 0.6 is 11.8 Å². The number of aromatic nitrogens is 6. The number of benzene rings is 2. The summed E-state index contributed by atoms with van der Waals surface area (Å²) in [5.74, 6) is 2.13. The van der Waals surface area contributed by atoms with Gasteiger partial charge < -0.3 is 9.67 Å². The second kappa shape index (κ2) is 10.8. The zero-order chi connectivity index (χ0) is 26.7. The number of rotatable bonds is 6. The van der Waals surface area contributed by atoms with Gasteiger partial charge in [0.1, 0.15) is 23.2 Å². The number of thioether (sulfide) groups is 1. The van der Waals surface area contributed by atoms with Crippen molar-refractivity contribution in [3.05, 3.63) is 77.6 Å². The van der Waals surface area contributed by atoms with Gasteiger partial charge in [0, 0.05) is 24.2 Å². The third kappa shape index (κ3) is 5.22. The third-order valence-corrected chi connectivity index (χ3v) is 7.67. The molecule has 0 aliphatic carbocycles. The molecule has 0 bridgehead atoms. The Morgan fingerprint density at radius 3 is 2.45 bits per heavy atom. The van der Waals surface area contributed by atoms with Crippen LogP contribution in [0.5, 0.6) is 0 Å².